The van der Waals surface area contributed by atoms with Gasteiger partial charge in [0.2, 0.25) is 5.89 Å². The normalized spacial score (nSPS) is 14.7. The molecule has 0 saturated heterocycles. The van der Waals surface area contributed by atoms with Crippen LogP contribution in [-0.2, 0) is 19.5 Å². The standard InChI is InChI=1S/C19H18N2O/c1-2-7-16(8-3-1)18-12-20-19(22-18)14-21-11-10-15-6-4-5-9-17(15)13-21/h1-9,12H,10-11,13-14H2. The largest absolute Gasteiger partial charge is 0.439 e. The van der Waals surface area contributed by atoms with Crippen LogP contribution < -0.4 is 0 Å². The van der Waals surface area contributed by atoms with Crippen molar-refractivity contribution in [1.82, 2.24) is 9.88 Å². The predicted octanol–water partition coefficient (Wildman–Crippen LogP) is 3.90. The summed E-state index contributed by atoms with van der Waals surface area (Å²) in [6.07, 6.45) is 2.92. The maximum atomic E-state index is 5.91. The van der Waals surface area contributed by atoms with Crippen molar-refractivity contribution in [1.29, 1.82) is 0 Å². The average Bonchev–Trinajstić information content (AvgIpc) is 3.04. The van der Waals surface area contributed by atoms with Gasteiger partial charge in [-0.05, 0) is 17.5 Å². The molecule has 2 heterocycles. The molecule has 3 heteroatoms. The molecular formula is C19H18N2O. The summed E-state index contributed by atoms with van der Waals surface area (Å²) in [6.45, 7) is 2.79. The van der Waals surface area contributed by atoms with E-state index in [9.17, 15) is 0 Å². The van der Waals surface area contributed by atoms with Crippen molar-refractivity contribution < 1.29 is 4.42 Å². The van der Waals surface area contributed by atoms with E-state index >= 15 is 0 Å². The second kappa shape index (κ2) is 5.78. The summed E-state index contributed by atoms with van der Waals surface area (Å²) in [5.41, 5.74) is 3.96. The predicted molar refractivity (Wildman–Crippen MR) is 86.2 cm³/mol. The summed E-state index contributed by atoms with van der Waals surface area (Å²) in [7, 11) is 0. The highest BCUT2D eigenvalue weighted by Gasteiger charge is 2.17. The Kier molecular flexibility index (Phi) is 3.49. The highest BCUT2D eigenvalue weighted by Crippen LogP contribution is 2.23. The van der Waals surface area contributed by atoms with Crippen LogP contribution in [-0.4, -0.2) is 16.4 Å². The third kappa shape index (κ3) is 2.68. The van der Waals surface area contributed by atoms with E-state index in [1.165, 1.54) is 11.1 Å². The Morgan fingerprint density at radius 2 is 1.73 bits per heavy atom. The summed E-state index contributed by atoms with van der Waals surface area (Å²) in [5, 5.41) is 0. The van der Waals surface area contributed by atoms with Crippen molar-refractivity contribution in [3.63, 3.8) is 0 Å². The van der Waals surface area contributed by atoms with Crippen LogP contribution >= 0.6 is 0 Å². The first kappa shape index (κ1) is 13.3. The molecule has 22 heavy (non-hydrogen) atoms. The first-order valence-corrected chi connectivity index (χ1v) is 7.68. The van der Waals surface area contributed by atoms with Crippen molar-refractivity contribution in [3.8, 4) is 11.3 Å². The number of benzene rings is 2. The second-order valence-corrected chi connectivity index (χ2v) is 5.71. The Morgan fingerprint density at radius 1 is 0.955 bits per heavy atom. The number of nitrogens with zero attached hydrogens (tertiary/aromatic N) is 2. The van der Waals surface area contributed by atoms with Crippen molar-refractivity contribution in [2.24, 2.45) is 0 Å². The van der Waals surface area contributed by atoms with Crippen LogP contribution in [0.15, 0.2) is 65.2 Å². The molecule has 0 saturated carbocycles. The van der Waals surface area contributed by atoms with Crippen molar-refractivity contribution >= 4 is 0 Å². The zero-order valence-corrected chi connectivity index (χ0v) is 12.4. The first-order chi connectivity index (χ1) is 10.9. The molecule has 0 N–H and O–H groups in total. The Hall–Kier alpha value is -2.39. The molecule has 1 aliphatic heterocycles. The molecule has 110 valence electrons. The molecule has 0 radical (unpaired) electrons. The molecular weight excluding hydrogens is 272 g/mol. The summed E-state index contributed by atoms with van der Waals surface area (Å²) in [6, 6.07) is 18.8. The molecule has 3 aromatic rings. The quantitative estimate of drug-likeness (QED) is 0.732. The van der Waals surface area contributed by atoms with Crippen molar-refractivity contribution in [2.75, 3.05) is 6.54 Å². The molecule has 1 aliphatic rings. The van der Waals surface area contributed by atoms with Gasteiger partial charge in [-0.1, -0.05) is 54.6 Å². The minimum atomic E-state index is 0.765. The van der Waals surface area contributed by atoms with E-state index in [0.29, 0.717) is 0 Å². The summed E-state index contributed by atoms with van der Waals surface area (Å²) in [5.74, 6) is 1.63. The van der Waals surface area contributed by atoms with Gasteiger partial charge in [0.15, 0.2) is 5.76 Å². The number of aromatic nitrogens is 1. The lowest BCUT2D eigenvalue weighted by molar-refractivity contribution is 0.222. The summed E-state index contributed by atoms with van der Waals surface area (Å²) in [4.78, 5) is 6.83. The Balaban J connectivity index is 1.48. The van der Waals surface area contributed by atoms with E-state index in [0.717, 1.165) is 43.3 Å². The van der Waals surface area contributed by atoms with E-state index in [1.54, 1.807) is 0 Å². The van der Waals surface area contributed by atoms with Gasteiger partial charge >= 0.3 is 0 Å². The molecule has 0 atom stereocenters. The van der Waals surface area contributed by atoms with Crippen molar-refractivity contribution in [3.05, 3.63) is 77.8 Å². The lowest BCUT2D eigenvalue weighted by Crippen LogP contribution is -2.30. The zero-order chi connectivity index (χ0) is 14.8. The monoisotopic (exact) mass is 290 g/mol. The Labute approximate surface area is 130 Å². The summed E-state index contributed by atoms with van der Waals surface area (Å²) < 4.78 is 5.91. The minimum absolute atomic E-state index is 0.765. The Bertz CT molecular complexity index is 764. The van der Waals surface area contributed by atoms with Crippen molar-refractivity contribution in [2.45, 2.75) is 19.5 Å². The maximum absolute atomic E-state index is 5.91. The fourth-order valence-corrected chi connectivity index (χ4v) is 3.00. The lowest BCUT2D eigenvalue weighted by Gasteiger charge is -2.27. The Morgan fingerprint density at radius 3 is 2.59 bits per heavy atom. The number of hydrogen-bond donors (Lipinski definition) is 0. The third-order valence-electron chi connectivity index (χ3n) is 4.18. The van der Waals surface area contributed by atoms with Gasteiger partial charge in [0, 0.05) is 18.7 Å². The van der Waals surface area contributed by atoms with Crippen LogP contribution in [0.1, 0.15) is 17.0 Å². The van der Waals surface area contributed by atoms with Crippen LogP contribution in [0.2, 0.25) is 0 Å². The fraction of sp³-hybridized carbons (Fsp3) is 0.211. The van der Waals surface area contributed by atoms with E-state index < -0.39 is 0 Å². The van der Waals surface area contributed by atoms with Crippen LogP contribution in [0.3, 0.4) is 0 Å². The van der Waals surface area contributed by atoms with E-state index in [-0.39, 0.29) is 0 Å². The smallest absolute Gasteiger partial charge is 0.209 e. The average molecular weight is 290 g/mol. The first-order valence-electron chi connectivity index (χ1n) is 7.68. The molecule has 2 aromatic carbocycles. The molecule has 0 spiro atoms. The minimum Gasteiger partial charge on any atom is -0.439 e. The maximum Gasteiger partial charge on any atom is 0.209 e. The van der Waals surface area contributed by atoms with E-state index in [2.05, 4.69) is 34.1 Å². The molecule has 0 fully saturated rings. The number of oxazole rings is 1. The molecule has 0 aliphatic carbocycles. The van der Waals surface area contributed by atoms with E-state index in [1.807, 2.05) is 36.5 Å². The highest BCUT2D eigenvalue weighted by molar-refractivity contribution is 5.55. The van der Waals surface area contributed by atoms with Crippen LogP contribution in [0.5, 0.6) is 0 Å². The molecule has 3 nitrogen and oxygen atoms in total. The van der Waals surface area contributed by atoms with Gasteiger partial charge in [-0.3, -0.25) is 4.90 Å². The number of hydrogen-bond acceptors (Lipinski definition) is 3. The van der Waals surface area contributed by atoms with Gasteiger partial charge in [0.1, 0.15) is 0 Å². The highest BCUT2D eigenvalue weighted by atomic mass is 16.4. The SMILES string of the molecule is c1ccc(-c2cnc(CN3CCc4ccccc4C3)o2)cc1. The van der Waals surface area contributed by atoms with Crippen LogP contribution in [0.4, 0.5) is 0 Å². The topological polar surface area (TPSA) is 29.3 Å². The van der Waals surface area contributed by atoms with Gasteiger partial charge in [-0.15, -0.1) is 0 Å². The van der Waals surface area contributed by atoms with Crippen LogP contribution in [0.25, 0.3) is 11.3 Å². The van der Waals surface area contributed by atoms with Crippen LogP contribution in [0, 0.1) is 0 Å². The second-order valence-electron chi connectivity index (χ2n) is 5.71. The zero-order valence-electron chi connectivity index (χ0n) is 12.4. The summed E-state index contributed by atoms with van der Waals surface area (Å²) >= 11 is 0. The van der Waals surface area contributed by atoms with Gasteiger partial charge in [-0.25, -0.2) is 4.98 Å². The third-order valence-corrected chi connectivity index (χ3v) is 4.18. The molecule has 0 amide bonds. The number of fused-ring (bicyclic) bond motifs is 1. The molecule has 1 aromatic heterocycles. The number of rotatable bonds is 3. The molecule has 4 rings (SSSR count). The molecule has 0 bridgehead atoms. The van der Waals surface area contributed by atoms with Gasteiger partial charge in [0.05, 0.1) is 12.7 Å². The van der Waals surface area contributed by atoms with Gasteiger partial charge in [-0.2, -0.15) is 0 Å². The van der Waals surface area contributed by atoms with Gasteiger partial charge in [0.25, 0.3) is 0 Å². The molecule has 0 unspecified atom stereocenters. The van der Waals surface area contributed by atoms with Gasteiger partial charge < -0.3 is 4.42 Å². The fourth-order valence-electron chi connectivity index (χ4n) is 3.00. The lowest BCUT2D eigenvalue weighted by atomic mass is 10.00. The van der Waals surface area contributed by atoms with E-state index in [4.69, 9.17) is 4.42 Å².